The Bertz CT molecular complexity index is 1320. The number of rotatable bonds is 6. The Balaban J connectivity index is 1.68. The van der Waals surface area contributed by atoms with Crippen LogP contribution in [0, 0.1) is 20.8 Å². The lowest BCUT2D eigenvalue weighted by molar-refractivity contribution is 0.289. The second-order valence-corrected chi connectivity index (χ2v) is 9.20. The molecule has 32 heavy (non-hydrogen) atoms. The maximum atomic E-state index is 13.2. The zero-order valence-corrected chi connectivity index (χ0v) is 19.7. The standard InChI is InChI=1S/C25H26N4O2S/c1-15(2)23-26-10-9-22(28-23)20-7-6-8-21(12-20)29-18(5)27-24(17(4)25(29)30)31-13-19-11-16(3)32-14-19/h6-12,14-15H,13H2,1-5H3. The molecule has 164 valence electrons. The van der Waals surface area contributed by atoms with Crippen molar-refractivity contribution >= 4 is 11.3 Å². The summed E-state index contributed by atoms with van der Waals surface area (Å²) in [5, 5.41) is 2.06. The Kier molecular flexibility index (Phi) is 6.19. The van der Waals surface area contributed by atoms with Crippen molar-refractivity contribution in [1.29, 1.82) is 0 Å². The molecule has 0 N–H and O–H groups in total. The van der Waals surface area contributed by atoms with Crippen LogP contribution in [0.5, 0.6) is 5.88 Å². The van der Waals surface area contributed by atoms with E-state index in [1.54, 1.807) is 29.0 Å². The SMILES string of the molecule is Cc1cc(COc2nc(C)n(-c3cccc(-c4ccnc(C(C)C)n4)c3)c(=O)c2C)cs1. The van der Waals surface area contributed by atoms with Crippen molar-refractivity contribution in [2.45, 2.75) is 47.1 Å². The normalized spacial score (nSPS) is 11.2. The highest BCUT2D eigenvalue weighted by atomic mass is 32.1. The van der Waals surface area contributed by atoms with E-state index in [-0.39, 0.29) is 11.5 Å². The highest BCUT2D eigenvalue weighted by Crippen LogP contribution is 2.23. The molecule has 0 aliphatic heterocycles. The first-order chi connectivity index (χ1) is 15.3. The van der Waals surface area contributed by atoms with E-state index in [4.69, 9.17) is 4.74 Å². The first kappa shape index (κ1) is 21.9. The minimum atomic E-state index is -0.142. The number of aryl methyl sites for hydroxylation is 2. The zero-order chi connectivity index (χ0) is 22.8. The molecule has 0 spiro atoms. The lowest BCUT2D eigenvalue weighted by Gasteiger charge is -2.15. The fourth-order valence-corrected chi connectivity index (χ4v) is 4.17. The summed E-state index contributed by atoms with van der Waals surface area (Å²) in [7, 11) is 0. The fourth-order valence-electron chi connectivity index (χ4n) is 3.47. The molecular weight excluding hydrogens is 420 g/mol. The van der Waals surface area contributed by atoms with Crippen LogP contribution in [0.3, 0.4) is 0 Å². The molecule has 7 heteroatoms. The van der Waals surface area contributed by atoms with Crippen molar-refractivity contribution in [2.24, 2.45) is 0 Å². The van der Waals surface area contributed by atoms with Crippen LogP contribution in [-0.4, -0.2) is 19.5 Å². The topological polar surface area (TPSA) is 69.9 Å². The first-order valence-electron chi connectivity index (χ1n) is 10.5. The second-order valence-electron chi connectivity index (χ2n) is 8.09. The Morgan fingerprint density at radius 1 is 1.09 bits per heavy atom. The van der Waals surface area contributed by atoms with Crippen LogP contribution < -0.4 is 10.3 Å². The molecule has 4 aromatic rings. The molecule has 0 saturated carbocycles. The van der Waals surface area contributed by atoms with E-state index in [2.05, 4.69) is 47.2 Å². The monoisotopic (exact) mass is 446 g/mol. The van der Waals surface area contributed by atoms with E-state index in [1.165, 1.54) is 4.88 Å². The zero-order valence-electron chi connectivity index (χ0n) is 18.9. The number of hydrogen-bond donors (Lipinski definition) is 0. The molecule has 0 amide bonds. The van der Waals surface area contributed by atoms with E-state index < -0.39 is 0 Å². The molecule has 4 rings (SSSR count). The predicted octanol–water partition coefficient (Wildman–Crippen LogP) is 5.38. The molecular formula is C25H26N4O2S. The Morgan fingerprint density at radius 3 is 2.62 bits per heavy atom. The minimum absolute atomic E-state index is 0.142. The average molecular weight is 447 g/mol. The van der Waals surface area contributed by atoms with Gasteiger partial charge in [0.05, 0.1) is 16.9 Å². The summed E-state index contributed by atoms with van der Waals surface area (Å²) in [6.07, 6.45) is 1.77. The summed E-state index contributed by atoms with van der Waals surface area (Å²) in [4.78, 5) is 28.1. The van der Waals surface area contributed by atoms with Gasteiger partial charge < -0.3 is 4.74 Å². The third kappa shape index (κ3) is 4.48. The third-order valence-electron chi connectivity index (χ3n) is 5.18. The van der Waals surface area contributed by atoms with Gasteiger partial charge in [0.25, 0.3) is 5.56 Å². The lowest BCUT2D eigenvalue weighted by atomic mass is 10.1. The Hall–Kier alpha value is -3.32. The molecule has 3 aromatic heterocycles. The lowest BCUT2D eigenvalue weighted by Crippen LogP contribution is -2.25. The molecule has 3 heterocycles. The summed E-state index contributed by atoms with van der Waals surface area (Å²) >= 11 is 1.68. The van der Waals surface area contributed by atoms with Crippen molar-refractivity contribution in [3.05, 3.63) is 86.0 Å². The Labute approximate surface area is 191 Å². The highest BCUT2D eigenvalue weighted by molar-refractivity contribution is 7.10. The fraction of sp³-hybridized carbons (Fsp3) is 0.280. The van der Waals surface area contributed by atoms with Crippen molar-refractivity contribution < 1.29 is 4.74 Å². The van der Waals surface area contributed by atoms with Crippen LogP contribution in [0.2, 0.25) is 0 Å². The molecule has 0 atom stereocenters. The van der Waals surface area contributed by atoms with Gasteiger partial charge in [-0.3, -0.25) is 9.36 Å². The maximum Gasteiger partial charge on any atom is 0.264 e. The molecule has 0 unspecified atom stereocenters. The number of hydrogen-bond acceptors (Lipinski definition) is 6. The van der Waals surface area contributed by atoms with Gasteiger partial charge in [0.15, 0.2) is 0 Å². The largest absolute Gasteiger partial charge is 0.472 e. The number of ether oxygens (including phenoxy) is 1. The number of nitrogens with zero attached hydrogens (tertiary/aromatic N) is 4. The van der Waals surface area contributed by atoms with E-state index in [0.29, 0.717) is 23.9 Å². The number of thiophene rings is 1. The second kappa shape index (κ2) is 9.04. The smallest absolute Gasteiger partial charge is 0.264 e. The molecule has 0 bridgehead atoms. The van der Waals surface area contributed by atoms with E-state index in [9.17, 15) is 4.79 Å². The summed E-state index contributed by atoms with van der Waals surface area (Å²) in [6, 6.07) is 11.7. The summed E-state index contributed by atoms with van der Waals surface area (Å²) < 4.78 is 7.50. The van der Waals surface area contributed by atoms with Crippen LogP contribution in [0.15, 0.2) is 52.8 Å². The first-order valence-corrected chi connectivity index (χ1v) is 11.4. The quantitative estimate of drug-likeness (QED) is 0.398. The van der Waals surface area contributed by atoms with Crippen molar-refractivity contribution in [3.63, 3.8) is 0 Å². The van der Waals surface area contributed by atoms with E-state index in [0.717, 1.165) is 28.3 Å². The molecule has 0 aliphatic carbocycles. The van der Waals surface area contributed by atoms with Gasteiger partial charge in [0.2, 0.25) is 5.88 Å². The van der Waals surface area contributed by atoms with Gasteiger partial charge in [0.1, 0.15) is 18.3 Å². The maximum absolute atomic E-state index is 13.2. The van der Waals surface area contributed by atoms with Gasteiger partial charge in [0, 0.05) is 28.1 Å². The molecule has 6 nitrogen and oxygen atoms in total. The van der Waals surface area contributed by atoms with Gasteiger partial charge in [-0.05, 0) is 50.4 Å². The van der Waals surface area contributed by atoms with Gasteiger partial charge in [-0.15, -0.1) is 11.3 Å². The molecule has 0 saturated heterocycles. The molecule has 0 radical (unpaired) electrons. The number of benzene rings is 1. The molecule has 0 aliphatic rings. The summed E-state index contributed by atoms with van der Waals surface area (Å²) in [5.74, 6) is 1.97. The van der Waals surface area contributed by atoms with Crippen LogP contribution in [0.25, 0.3) is 16.9 Å². The van der Waals surface area contributed by atoms with Crippen LogP contribution >= 0.6 is 11.3 Å². The molecule has 0 fully saturated rings. The van der Waals surface area contributed by atoms with E-state index >= 15 is 0 Å². The summed E-state index contributed by atoms with van der Waals surface area (Å²) in [6.45, 7) is 10.1. The number of aromatic nitrogens is 4. The van der Waals surface area contributed by atoms with E-state index in [1.807, 2.05) is 37.3 Å². The molecule has 1 aromatic carbocycles. The van der Waals surface area contributed by atoms with Crippen LogP contribution in [0.1, 0.15) is 47.4 Å². The van der Waals surface area contributed by atoms with Gasteiger partial charge >= 0.3 is 0 Å². The van der Waals surface area contributed by atoms with Crippen LogP contribution in [0.4, 0.5) is 0 Å². The van der Waals surface area contributed by atoms with Gasteiger partial charge in [-0.1, -0.05) is 26.0 Å². The average Bonchev–Trinajstić information content (AvgIpc) is 3.20. The highest BCUT2D eigenvalue weighted by Gasteiger charge is 2.15. The van der Waals surface area contributed by atoms with Crippen molar-refractivity contribution in [1.82, 2.24) is 19.5 Å². The van der Waals surface area contributed by atoms with Crippen molar-refractivity contribution in [3.8, 4) is 22.8 Å². The van der Waals surface area contributed by atoms with Gasteiger partial charge in [-0.2, -0.15) is 4.98 Å². The summed E-state index contributed by atoms with van der Waals surface area (Å²) in [5.41, 5.74) is 3.91. The minimum Gasteiger partial charge on any atom is -0.472 e. The van der Waals surface area contributed by atoms with Crippen molar-refractivity contribution in [2.75, 3.05) is 0 Å². The van der Waals surface area contributed by atoms with Gasteiger partial charge in [-0.25, -0.2) is 9.97 Å². The predicted molar refractivity (Wildman–Crippen MR) is 128 cm³/mol. The van der Waals surface area contributed by atoms with Crippen LogP contribution in [-0.2, 0) is 6.61 Å². The third-order valence-corrected chi connectivity index (χ3v) is 6.09. The Morgan fingerprint density at radius 2 is 1.91 bits per heavy atom.